The fraction of sp³-hybridized carbons (Fsp3) is 0.333. The fourth-order valence-electron chi connectivity index (χ4n) is 2.57. The SMILES string of the molecule is COc1ccc(CNC(=O)c2c(Cl)ccn(CC3CC3)c2=O)cc1F. The van der Waals surface area contributed by atoms with Gasteiger partial charge in [-0.3, -0.25) is 9.59 Å². The highest BCUT2D eigenvalue weighted by Crippen LogP contribution is 2.30. The van der Waals surface area contributed by atoms with Gasteiger partial charge in [-0.2, -0.15) is 0 Å². The number of pyridine rings is 1. The lowest BCUT2D eigenvalue weighted by molar-refractivity contribution is 0.0949. The van der Waals surface area contributed by atoms with Gasteiger partial charge in [0.05, 0.1) is 12.1 Å². The lowest BCUT2D eigenvalue weighted by atomic mass is 10.2. The lowest BCUT2D eigenvalue weighted by Crippen LogP contribution is -2.33. The third-order valence-electron chi connectivity index (χ3n) is 4.16. The van der Waals surface area contributed by atoms with Crippen molar-refractivity contribution in [3.63, 3.8) is 0 Å². The van der Waals surface area contributed by atoms with Crippen LogP contribution >= 0.6 is 11.6 Å². The van der Waals surface area contributed by atoms with Crippen LogP contribution in [0.25, 0.3) is 0 Å². The van der Waals surface area contributed by atoms with E-state index in [0.29, 0.717) is 18.0 Å². The number of hydrogen-bond donors (Lipinski definition) is 1. The van der Waals surface area contributed by atoms with Gasteiger partial charge in [0.25, 0.3) is 11.5 Å². The molecule has 1 aliphatic rings. The molecule has 1 aromatic carbocycles. The molecule has 0 bridgehead atoms. The van der Waals surface area contributed by atoms with E-state index in [2.05, 4.69) is 5.32 Å². The molecule has 0 radical (unpaired) electrons. The second-order valence-electron chi connectivity index (χ2n) is 6.09. The van der Waals surface area contributed by atoms with E-state index in [1.165, 1.54) is 23.8 Å². The Kier molecular flexibility index (Phi) is 5.08. The molecule has 1 saturated carbocycles. The third kappa shape index (κ3) is 4.02. The maximum Gasteiger partial charge on any atom is 0.264 e. The second kappa shape index (κ2) is 7.27. The molecule has 7 heteroatoms. The smallest absolute Gasteiger partial charge is 0.264 e. The molecule has 25 heavy (non-hydrogen) atoms. The molecule has 0 aliphatic heterocycles. The zero-order valence-electron chi connectivity index (χ0n) is 13.7. The summed E-state index contributed by atoms with van der Waals surface area (Å²) < 4.78 is 20.1. The molecule has 1 aliphatic carbocycles. The Labute approximate surface area is 149 Å². The van der Waals surface area contributed by atoms with E-state index in [4.69, 9.17) is 16.3 Å². The number of hydrogen-bond acceptors (Lipinski definition) is 3. The van der Waals surface area contributed by atoms with Crippen molar-refractivity contribution in [2.24, 2.45) is 5.92 Å². The highest BCUT2D eigenvalue weighted by Gasteiger charge is 2.24. The number of ether oxygens (including phenoxy) is 1. The Morgan fingerprint density at radius 3 is 2.80 bits per heavy atom. The van der Waals surface area contributed by atoms with Crippen LogP contribution in [0.2, 0.25) is 5.02 Å². The van der Waals surface area contributed by atoms with Crippen molar-refractivity contribution in [3.05, 3.63) is 62.8 Å². The number of benzene rings is 1. The van der Waals surface area contributed by atoms with Crippen LogP contribution in [0.4, 0.5) is 4.39 Å². The summed E-state index contributed by atoms with van der Waals surface area (Å²) in [6.07, 6.45) is 3.80. The van der Waals surface area contributed by atoms with E-state index in [1.54, 1.807) is 18.3 Å². The first-order valence-electron chi connectivity index (χ1n) is 7.99. The zero-order valence-corrected chi connectivity index (χ0v) is 14.5. The summed E-state index contributed by atoms with van der Waals surface area (Å²) >= 11 is 6.04. The number of nitrogens with one attached hydrogen (secondary N) is 1. The normalized spacial score (nSPS) is 13.6. The van der Waals surface area contributed by atoms with E-state index in [0.717, 1.165) is 12.8 Å². The average Bonchev–Trinajstić information content (AvgIpc) is 3.40. The molecule has 132 valence electrons. The number of carbonyl (C=O) groups excluding carboxylic acids is 1. The minimum absolute atomic E-state index is 0.0764. The summed E-state index contributed by atoms with van der Waals surface area (Å²) in [6, 6.07) is 5.94. The van der Waals surface area contributed by atoms with Crippen molar-refractivity contribution < 1.29 is 13.9 Å². The molecular formula is C18H18ClFN2O3. The lowest BCUT2D eigenvalue weighted by Gasteiger charge is -2.10. The molecule has 1 aromatic heterocycles. The van der Waals surface area contributed by atoms with Gasteiger partial charge in [0.1, 0.15) is 5.56 Å². The molecule has 0 unspecified atom stereocenters. The van der Waals surface area contributed by atoms with E-state index in [1.807, 2.05) is 0 Å². The maximum absolute atomic E-state index is 13.7. The van der Waals surface area contributed by atoms with E-state index >= 15 is 0 Å². The summed E-state index contributed by atoms with van der Waals surface area (Å²) in [5.74, 6) is -0.462. The van der Waals surface area contributed by atoms with Crippen LogP contribution in [0.3, 0.4) is 0 Å². The number of amides is 1. The van der Waals surface area contributed by atoms with Gasteiger partial charge in [0.15, 0.2) is 11.6 Å². The van der Waals surface area contributed by atoms with E-state index in [-0.39, 0.29) is 22.9 Å². The standard InChI is InChI=1S/C18H18ClFN2O3/c1-25-15-5-4-12(8-14(15)20)9-21-17(23)16-13(19)6-7-22(18(16)24)10-11-2-3-11/h4-8,11H,2-3,9-10H2,1H3,(H,21,23). The number of halogens is 2. The number of carbonyl (C=O) groups is 1. The Bertz CT molecular complexity index is 862. The first-order valence-corrected chi connectivity index (χ1v) is 8.37. The molecule has 1 fully saturated rings. The van der Waals surface area contributed by atoms with Crippen molar-refractivity contribution in [1.29, 1.82) is 0 Å². The van der Waals surface area contributed by atoms with Gasteiger partial charge in [-0.25, -0.2) is 4.39 Å². The van der Waals surface area contributed by atoms with Gasteiger partial charge in [-0.05, 0) is 42.5 Å². The van der Waals surface area contributed by atoms with Gasteiger partial charge >= 0.3 is 0 Å². The van der Waals surface area contributed by atoms with Gasteiger partial charge in [-0.15, -0.1) is 0 Å². The summed E-state index contributed by atoms with van der Waals surface area (Å²) in [7, 11) is 1.38. The number of aromatic nitrogens is 1. The fourth-order valence-corrected chi connectivity index (χ4v) is 2.79. The second-order valence-corrected chi connectivity index (χ2v) is 6.50. The zero-order chi connectivity index (χ0) is 18.0. The van der Waals surface area contributed by atoms with Crippen molar-refractivity contribution in [2.45, 2.75) is 25.9 Å². The van der Waals surface area contributed by atoms with E-state index < -0.39 is 17.3 Å². The van der Waals surface area contributed by atoms with Crippen molar-refractivity contribution in [2.75, 3.05) is 7.11 Å². The maximum atomic E-state index is 13.7. The van der Waals surface area contributed by atoms with Crippen molar-refractivity contribution in [3.8, 4) is 5.75 Å². The van der Waals surface area contributed by atoms with Crippen LogP contribution < -0.4 is 15.6 Å². The quantitative estimate of drug-likeness (QED) is 0.857. The summed E-state index contributed by atoms with van der Waals surface area (Å²) in [5.41, 5.74) is 0.0635. The summed E-state index contributed by atoms with van der Waals surface area (Å²) in [4.78, 5) is 24.9. The number of rotatable bonds is 6. The Morgan fingerprint density at radius 1 is 1.40 bits per heavy atom. The molecule has 0 atom stereocenters. The Morgan fingerprint density at radius 2 is 2.16 bits per heavy atom. The Balaban J connectivity index is 1.74. The monoisotopic (exact) mass is 364 g/mol. The largest absolute Gasteiger partial charge is 0.494 e. The Hall–Kier alpha value is -2.34. The first-order chi connectivity index (χ1) is 12.0. The number of methoxy groups -OCH3 is 1. The molecule has 2 aromatic rings. The topological polar surface area (TPSA) is 60.3 Å². The van der Waals surface area contributed by atoms with Crippen LogP contribution in [-0.4, -0.2) is 17.6 Å². The van der Waals surface area contributed by atoms with Crippen LogP contribution in [-0.2, 0) is 13.1 Å². The van der Waals surface area contributed by atoms with Crippen molar-refractivity contribution in [1.82, 2.24) is 9.88 Å². The van der Waals surface area contributed by atoms with Gasteiger partial charge in [0, 0.05) is 19.3 Å². The predicted octanol–water partition coefficient (Wildman–Crippen LogP) is 2.99. The van der Waals surface area contributed by atoms with Gasteiger partial charge < -0.3 is 14.6 Å². The van der Waals surface area contributed by atoms with Crippen LogP contribution in [0.1, 0.15) is 28.8 Å². The van der Waals surface area contributed by atoms with Crippen LogP contribution in [0.5, 0.6) is 5.75 Å². The molecule has 0 saturated heterocycles. The molecule has 3 rings (SSSR count). The molecular weight excluding hydrogens is 347 g/mol. The van der Waals surface area contributed by atoms with Crippen LogP contribution in [0.15, 0.2) is 35.3 Å². The van der Waals surface area contributed by atoms with E-state index in [9.17, 15) is 14.0 Å². The summed E-state index contributed by atoms with van der Waals surface area (Å²) in [5, 5.41) is 2.72. The highest BCUT2D eigenvalue weighted by molar-refractivity contribution is 6.33. The third-order valence-corrected chi connectivity index (χ3v) is 4.48. The van der Waals surface area contributed by atoms with Crippen molar-refractivity contribution >= 4 is 17.5 Å². The summed E-state index contributed by atoms with van der Waals surface area (Å²) in [6.45, 7) is 0.674. The number of nitrogens with zero attached hydrogens (tertiary/aromatic N) is 1. The first kappa shape index (κ1) is 17.5. The average molecular weight is 365 g/mol. The van der Waals surface area contributed by atoms with Gasteiger partial charge in [-0.1, -0.05) is 17.7 Å². The minimum Gasteiger partial charge on any atom is -0.494 e. The molecule has 5 nitrogen and oxygen atoms in total. The predicted molar refractivity (Wildman–Crippen MR) is 92.6 cm³/mol. The van der Waals surface area contributed by atoms with Gasteiger partial charge in [0.2, 0.25) is 0 Å². The minimum atomic E-state index is -0.573. The molecule has 1 amide bonds. The van der Waals surface area contributed by atoms with Crippen LogP contribution in [0, 0.1) is 11.7 Å². The molecule has 0 spiro atoms. The molecule has 1 N–H and O–H groups in total. The molecule has 1 heterocycles. The highest BCUT2D eigenvalue weighted by atomic mass is 35.5.